The molecule has 112 valence electrons. The number of hydrogen-bond donors (Lipinski definition) is 2. The number of hydrogen-bond acceptors (Lipinski definition) is 6. The highest BCUT2D eigenvalue weighted by molar-refractivity contribution is 7.89. The first-order valence-corrected chi connectivity index (χ1v) is 7.28. The van der Waals surface area contributed by atoms with Crippen molar-refractivity contribution in [3.63, 3.8) is 0 Å². The highest BCUT2D eigenvalue weighted by atomic mass is 32.2. The first-order valence-electron chi connectivity index (χ1n) is 5.84. The van der Waals surface area contributed by atoms with Crippen molar-refractivity contribution in [1.82, 2.24) is 4.31 Å². The molecule has 0 amide bonds. The van der Waals surface area contributed by atoms with Crippen molar-refractivity contribution in [3.8, 4) is 0 Å². The Morgan fingerprint density at radius 3 is 2.60 bits per heavy atom. The van der Waals surface area contributed by atoms with Gasteiger partial charge in [-0.25, -0.2) is 12.7 Å². The van der Waals surface area contributed by atoms with E-state index in [2.05, 4.69) is 0 Å². The van der Waals surface area contributed by atoms with E-state index in [1.807, 2.05) is 0 Å². The molecule has 0 radical (unpaired) electrons. The van der Waals surface area contributed by atoms with Crippen LogP contribution < -0.4 is 5.73 Å². The van der Waals surface area contributed by atoms with Gasteiger partial charge in [0.15, 0.2) is 4.90 Å². The monoisotopic (exact) mass is 303 g/mol. The van der Waals surface area contributed by atoms with Gasteiger partial charge in [0.1, 0.15) is 0 Å². The zero-order chi connectivity index (χ0) is 15.5. The molecular weight excluding hydrogens is 286 g/mol. The molecule has 0 saturated carbocycles. The summed E-state index contributed by atoms with van der Waals surface area (Å²) in [5, 5.41) is 20.1. The quantitative estimate of drug-likeness (QED) is 0.449. The highest BCUT2D eigenvalue weighted by Crippen LogP contribution is 2.28. The van der Waals surface area contributed by atoms with Crippen molar-refractivity contribution >= 4 is 21.4 Å². The lowest BCUT2D eigenvalue weighted by atomic mass is 10.3. The van der Waals surface area contributed by atoms with Gasteiger partial charge in [-0.05, 0) is 25.5 Å². The molecular formula is C11H17N3O5S. The summed E-state index contributed by atoms with van der Waals surface area (Å²) in [7, 11) is -2.74. The highest BCUT2D eigenvalue weighted by Gasteiger charge is 2.29. The second-order valence-electron chi connectivity index (χ2n) is 4.45. The van der Waals surface area contributed by atoms with Crippen LogP contribution in [-0.4, -0.2) is 42.4 Å². The largest absolute Gasteiger partial charge is 0.399 e. The van der Waals surface area contributed by atoms with E-state index >= 15 is 0 Å². The molecule has 8 nitrogen and oxygen atoms in total. The van der Waals surface area contributed by atoms with E-state index in [1.165, 1.54) is 20.0 Å². The molecule has 1 aromatic rings. The fourth-order valence-corrected chi connectivity index (χ4v) is 2.92. The zero-order valence-corrected chi connectivity index (χ0v) is 12.0. The second-order valence-corrected chi connectivity index (χ2v) is 6.46. The summed E-state index contributed by atoms with van der Waals surface area (Å²) in [6.45, 7) is 1.58. The number of nitrogen functional groups attached to an aromatic ring is 1. The van der Waals surface area contributed by atoms with Crippen LogP contribution in [0.2, 0.25) is 0 Å². The first-order chi connectivity index (χ1) is 9.16. The van der Waals surface area contributed by atoms with Crippen LogP contribution in [0, 0.1) is 10.1 Å². The van der Waals surface area contributed by atoms with Gasteiger partial charge in [-0.3, -0.25) is 10.1 Å². The van der Waals surface area contributed by atoms with Crippen molar-refractivity contribution < 1.29 is 18.4 Å². The van der Waals surface area contributed by atoms with Crippen LogP contribution in [0.3, 0.4) is 0 Å². The Bertz CT molecular complexity index is 600. The Labute approximate surface area is 117 Å². The predicted octanol–water partition coefficient (Wildman–Crippen LogP) is 0.568. The van der Waals surface area contributed by atoms with E-state index in [4.69, 9.17) is 5.73 Å². The lowest BCUT2D eigenvalue weighted by molar-refractivity contribution is -0.387. The Morgan fingerprint density at radius 1 is 1.50 bits per heavy atom. The summed E-state index contributed by atoms with van der Waals surface area (Å²) in [5.74, 6) is 0. The molecule has 1 atom stereocenters. The second kappa shape index (κ2) is 6.16. The van der Waals surface area contributed by atoms with Crippen LogP contribution >= 0.6 is 0 Å². The minimum atomic E-state index is -4.03. The summed E-state index contributed by atoms with van der Waals surface area (Å²) in [6.07, 6.45) is -0.435. The third-order valence-corrected chi connectivity index (χ3v) is 4.62. The van der Waals surface area contributed by atoms with Crippen LogP contribution in [0.25, 0.3) is 0 Å². The lowest BCUT2D eigenvalue weighted by Gasteiger charge is -2.18. The molecule has 0 aliphatic heterocycles. The molecule has 0 heterocycles. The summed E-state index contributed by atoms with van der Waals surface area (Å²) in [6, 6.07) is 3.39. The van der Waals surface area contributed by atoms with E-state index in [0.717, 1.165) is 16.4 Å². The van der Waals surface area contributed by atoms with E-state index in [0.29, 0.717) is 0 Å². The fraction of sp³-hybridized carbons (Fsp3) is 0.455. The van der Waals surface area contributed by atoms with Gasteiger partial charge in [0.25, 0.3) is 5.69 Å². The number of nitro benzene ring substituents is 1. The normalized spacial score (nSPS) is 13.4. The van der Waals surface area contributed by atoms with Crippen molar-refractivity contribution in [2.45, 2.75) is 24.3 Å². The average Bonchev–Trinajstić information content (AvgIpc) is 2.35. The minimum Gasteiger partial charge on any atom is -0.399 e. The number of nitrogens with two attached hydrogens (primary N) is 1. The Balaban J connectivity index is 3.21. The topological polar surface area (TPSA) is 127 Å². The SMILES string of the molecule is CC(O)CCN(C)S(=O)(=O)c1cc(N)ccc1[N+](=O)[O-]. The van der Waals surface area contributed by atoms with Crippen molar-refractivity contribution in [3.05, 3.63) is 28.3 Å². The molecule has 9 heteroatoms. The number of anilines is 1. The lowest BCUT2D eigenvalue weighted by Crippen LogP contribution is -2.30. The molecule has 1 aromatic carbocycles. The minimum absolute atomic E-state index is 0.0476. The number of nitro groups is 1. The van der Waals surface area contributed by atoms with Crippen LogP contribution in [-0.2, 0) is 10.0 Å². The maximum atomic E-state index is 12.3. The summed E-state index contributed by atoms with van der Waals surface area (Å²) in [5.41, 5.74) is 5.10. The number of nitrogens with zero attached hydrogens (tertiary/aromatic N) is 2. The van der Waals surface area contributed by atoms with Gasteiger partial charge in [-0.1, -0.05) is 0 Å². The molecule has 0 fully saturated rings. The third-order valence-electron chi connectivity index (χ3n) is 2.73. The van der Waals surface area contributed by atoms with Crippen LogP contribution in [0.4, 0.5) is 11.4 Å². The zero-order valence-electron chi connectivity index (χ0n) is 11.2. The summed E-state index contributed by atoms with van der Waals surface area (Å²) < 4.78 is 25.6. The molecule has 20 heavy (non-hydrogen) atoms. The molecule has 0 spiro atoms. The van der Waals surface area contributed by atoms with Crippen LogP contribution in [0.5, 0.6) is 0 Å². The number of rotatable bonds is 6. The molecule has 3 N–H and O–H groups in total. The van der Waals surface area contributed by atoms with Crippen LogP contribution in [0.1, 0.15) is 13.3 Å². The van der Waals surface area contributed by atoms with E-state index in [1.54, 1.807) is 0 Å². The van der Waals surface area contributed by atoms with Gasteiger partial charge in [-0.15, -0.1) is 0 Å². The van der Waals surface area contributed by atoms with Gasteiger partial charge >= 0.3 is 0 Å². The molecule has 0 aromatic heterocycles. The molecule has 0 aliphatic carbocycles. The molecule has 1 unspecified atom stereocenters. The molecule has 1 rings (SSSR count). The predicted molar refractivity (Wildman–Crippen MR) is 73.6 cm³/mol. The number of aliphatic hydroxyl groups is 1. The molecule has 0 saturated heterocycles. The molecule has 0 aliphatic rings. The summed E-state index contributed by atoms with van der Waals surface area (Å²) >= 11 is 0. The fourth-order valence-electron chi connectivity index (χ4n) is 1.54. The average molecular weight is 303 g/mol. The first kappa shape index (κ1) is 16.3. The van der Waals surface area contributed by atoms with E-state index in [-0.39, 0.29) is 18.7 Å². The van der Waals surface area contributed by atoms with Crippen molar-refractivity contribution in [1.29, 1.82) is 0 Å². The van der Waals surface area contributed by atoms with Crippen molar-refractivity contribution in [2.24, 2.45) is 0 Å². The van der Waals surface area contributed by atoms with E-state index < -0.39 is 31.6 Å². The van der Waals surface area contributed by atoms with Gasteiger partial charge < -0.3 is 10.8 Å². The number of sulfonamides is 1. The smallest absolute Gasteiger partial charge is 0.289 e. The van der Waals surface area contributed by atoms with Gasteiger partial charge in [0.2, 0.25) is 10.0 Å². The number of aliphatic hydroxyl groups excluding tert-OH is 1. The van der Waals surface area contributed by atoms with Crippen molar-refractivity contribution in [2.75, 3.05) is 19.3 Å². The summed E-state index contributed by atoms with van der Waals surface area (Å²) in [4.78, 5) is 9.69. The Morgan fingerprint density at radius 2 is 2.10 bits per heavy atom. The molecule has 0 bridgehead atoms. The van der Waals surface area contributed by atoms with Crippen LogP contribution in [0.15, 0.2) is 23.1 Å². The maximum absolute atomic E-state index is 12.3. The number of benzene rings is 1. The van der Waals surface area contributed by atoms with E-state index in [9.17, 15) is 23.6 Å². The van der Waals surface area contributed by atoms with Gasteiger partial charge in [0.05, 0.1) is 11.0 Å². The Hall–Kier alpha value is -1.71. The van der Waals surface area contributed by atoms with Gasteiger partial charge in [0, 0.05) is 25.3 Å². The Kier molecular flexibility index (Phi) is 5.03. The maximum Gasteiger partial charge on any atom is 0.289 e. The van der Waals surface area contributed by atoms with Gasteiger partial charge in [-0.2, -0.15) is 0 Å². The third kappa shape index (κ3) is 3.65. The standard InChI is InChI=1S/C11H17N3O5S/c1-8(15)5-6-13(2)20(18,19)11-7-9(12)3-4-10(11)14(16)17/h3-4,7-8,15H,5-6,12H2,1-2H3.